The van der Waals surface area contributed by atoms with Crippen molar-refractivity contribution in [3.05, 3.63) is 30.4 Å². The van der Waals surface area contributed by atoms with Gasteiger partial charge in [0, 0.05) is 13.6 Å². The fourth-order valence-electron chi connectivity index (χ4n) is 2.06. The number of aromatic nitrogens is 4. The van der Waals surface area contributed by atoms with E-state index in [1.165, 1.54) is 0 Å². The molecule has 0 atom stereocenters. The zero-order valence-corrected chi connectivity index (χ0v) is 11.4. The Balaban J connectivity index is 1.97. The number of anilines is 2. The molecule has 104 valence electrons. The minimum Gasteiger partial charge on any atom is -0.467 e. The van der Waals surface area contributed by atoms with Crippen LogP contribution in [0.3, 0.4) is 0 Å². The lowest BCUT2D eigenvalue weighted by molar-refractivity contribution is 0.507. The highest BCUT2D eigenvalue weighted by molar-refractivity contribution is 5.87. The number of hydrogen-bond donors (Lipinski definition) is 2. The second kappa shape index (κ2) is 5.20. The van der Waals surface area contributed by atoms with Crippen molar-refractivity contribution in [1.82, 2.24) is 20.2 Å². The maximum Gasteiger partial charge on any atom is 0.226 e. The van der Waals surface area contributed by atoms with Crippen molar-refractivity contribution in [1.29, 1.82) is 0 Å². The molecule has 2 N–H and O–H groups in total. The zero-order chi connectivity index (χ0) is 13.9. The van der Waals surface area contributed by atoms with Gasteiger partial charge in [0.05, 0.1) is 24.4 Å². The van der Waals surface area contributed by atoms with Crippen molar-refractivity contribution in [2.45, 2.75) is 13.5 Å². The van der Waals surface area contributed by atoms with Gasteiger partial charge in [0.2, 0.25) is 5.95 Å². The summed E-state index contributed by atoms with van der Waals surface area (Å²) in [6, 6.07) is 3.82. The summed E-state index contributed by atoms with van der Waals surface area (Å²) in [6.45, 7) is 3.41. The lowest BCUT2D eigenvalue weighted by Gasteiger charge is -2.18. The van der Waals surface area contributed by atoms with E-state index < -0.39 is 0 Å². The predicted molar refractivity (Wildman–Crippen MR) is 76.7 cm³/mol. The number of rotatable bonds is 5. The van der Waals surface area contributed by atoms with Crippen LogP contribution >= 0.6 is 0 Å². The third kappa shape index (κ3) is 2.29. The van der Waals surface area contributed by atoms with Gasteiger partial charge in [0.1, 0.15) is 11.6 Å². The maximum absolute atomic E-state index is 5.37. The summed E-state index contributed by atoms with van der Waals surface area (Å²) in [5, 5.41) is 10.9. The Bertz CT molecular complexity index is 690. The average Bonchev–Trinajstić information content (AvgIpc) is 3.08. The molecule has 7 heteroatoms. The zero-order valence-electron chi connectivity index (χ0n) is 11.4. The molecule has 0 radical (unpaired) electrons. The molecule has 0 saturated carbocycles. The summed E-state index contributed by atoms with van der Waals surface area (Å²) in [4.78, 5) is 10.9. The second-order valence-corrected chi connectivity index (χ2v) is 4.47. The van der Waals surface area contributed by atoms with Gasteiger partial charge in [-0.1, -0.05) is 0 Å². The van der Waals surface area contributed by atoms with E-state index in [0.29, 0.717) is 12.5 Å². The molecule has 0 bridgehead atoms. The van der Waals surface area contributed by atoms with Crippen LogP contribution < -0.4 is 10.2 Å². The van der Waals surface area contributed by atoms with Gasteiger partial charge < -0.3 is 14.6 Å². The molecule has 3 heterocycles. The van der Waals surface area contributed by atoms with Crippen LogP contribution in [0.5, 0.6) is 0 Å². The number of H-pyrrole nitrogens is 1. The number of hydrogen-bond acceptors (Lipinski definition) is 6. The van der Waals surface area contributed by atoms with Gasteiger partial charge in [-0.3, -0.25) is 5.10 Å². The number of nitrogens with one attached hydrogen (secondary N) is 2. The molecule has 0 aliphatic heterocycles. The Labute approximate surface area is 116 Å². The molecule has 3 aromatic rings. The number of aromatic amines is 1. The molecule has 0 unspecified atom stereocenters. The topological polar surface area (TPSA) is 82.9 Å². The van der Waals surface area contributed by atoms with Gasteiger partial charge in [-0.25, -0.2) is 0 Å². The highest BCUT2D eigenvalue weighted by Gasteiger charge is 2.14. The van der Waals surface area contributed by atoms with E-state index in [9.17, 15) is 0 Å². The molecule has 7 nitrogen and oxygen atoms in total. The van der Waals surface area contributed by atoms with Crippen LogP contribution in [0, 0.1) is 0 Å². The summed E-state index contributed by atoms with van der Waals surface area (Å²) >= 11 is 0. The van der Waals surface area contributed by atoms with Crippen LogP contribution in [0.2, 0.25) is 0 Å². The molecular weight excluding hydrogens is 256 g/mol. The van der Waals surface area contributed by atoms with E-state index >= 15 is 0 Å². The van der Waals surface area contributed by atoms with Crippen LogP contribution in [-0.4, -0.2) is 33.8 Å². The van der Waals surface area contributed by atoms with Gasteiger partial charge >= 0.3 is 0 Å². The lowest BCUT2D eigenvalue weighted by Crippen LogP contribution is -2.18. The first-order valence-corrected chi connectivity index (χ1v) is 6.46. The van der Waals surface area contributed by atoms with Crippen LogP contribution in [0.1, 0.15) is 12.7 Å². The first kappa shape index (κ1) is 12.5. The minimum absolute atomic E-state index is 0.588. The first-order chi connectivity index (χ1) is 9.78. The molecule has 0 aromatic carbocycles. The Kier molecular flexibility index (Phi) is 3.24. The van der Waals surface area contributed by atoms with Crippen LogP contribution in [0.15, 0.2) is 29.0 Å². The van der Waals surface area contributed by atoms with Gasteiger partial charge in [0.15, 0.2) is 5.65 Å². The molecule has 3 aromatic heterocycles. The van der Waals surface area contributed by atoms with Crippen molar-refractivity contribution in [3.63, 3.8) is 0 Å². The molecule has 0 saturated heterocycles. The summed E-state index contributed by atoms with van der Waals surface area (Å²) in [6.07, 6.45) is 3.40. The smallest absolute Gasteiger partial charge is 0.226 e. The van der Waals surface area contributed by atoms with Crippen molar-refractivity contribution in [3.8, 4) is 0 Å². The molecule has 0 aliphatic rings. The summed E-state index contributed by atoms with van der Waals surface area (Å²) in [7, 11) is 1.97. The molecule has 0 spiro atoms. The van der Waals surface area contributed by atoms with Gasteiger partial charge in [0.25, 0.3) is 0 Å². The Morgan fingerprint density at radius 2 is 2.30 bits per heavy atom. The summed E-state index contributed by atoms with van der Waals surface area (Å²) < 4.78 is 5.37. The molecule has 3 rings (SSSR count). The number of furan rings is 1. The Morgan fingerprint density at radius 1 is 1.40 bits per heavy atom. The summed E-state index contributed by atoms with van der Waals surface area (Å²) in [5.41, 5.74) is 0.720. The normalized spacial score (nSPS) is 10.9. The van der Waals surface area contributed by atoms with Crippen molar-refractivity contribution in [2.75, 3.05) is 23.8 Å². The Morgan fingerprint density at radius 3 is 3.05 bits per heavy atom. The fraction of sp³-hybridized carbons (Fsp3) is 0.308. The standard InChI is InChI=1S/C13H16N6O/c1-3-14-13-16-11-10(7-15-18-11)12(17-13)19(2)8-9-5-4-6-20-9/h4-7H,3,8H2,1-2H3,(H2,14,15,16,17,18). The monoisotopic (exact) mass is 272 g/mol. The third-order valence-corrected chi connectivity index (χ3v) is 2.96. The SMILES string of the molecule is CCNc1nc(N(C)Cc2ccco2)c2cn[nH]c2n1. The minimum atomic E-state index is 0.588. The van der Waals surface area contributed by atoms with E-state index in [2.05, 4.69) is 25.5 Å². The van der Waals surface area contributed by atoms with Crippen molar-refractivity contribution in [2.24, 2.45) is 0 Å². The highest BCUT2D eigenvalue weighted by Crippen LogP contribution is 2.24. The van der Waals surface area contributed by atoms with Crippen molar-refractivity contribution >= 4 is 22.8 Å². The fourth-order valence-corrected chi connectivity index (χ4v) is 2.06. The predicted octanol–water partition coefficient (Wildman–Crippen LogP) is 2.01. The van der Waals surface area contributed by atoms with E-state index in [1.54, 1.807) is 12.5 Å². The largest absolute Gasteiger partial charge is 0.467 e. The van der Waals surface area contributed by atoms with Crippen LogP contribution in [0.4, 0.5) is 11.8 Å². The number of fused-ring (bicyclic) bond motifs is 1. The molecule has 0 amide bonds. The van der Waals surface area contributed by atoms with Gasteiger partial charge in [-0.15, -0.1) is 0 Å². The van der Waals surface area contributed by atoms with E-state index in [-0.39, 0.29) is 0 Å². The van der Waals surface area contributed by atoms with Crippen molar-refractivity contribution < 1.29 is 4.42 Å². The second-order valence-electron chi connectivity index (χ2n) is 4.47. The number of nitrogens with zero attached hydrogens (tertiary/aromatic N) is 4. The van der Waals surface area contributed by atoms with Crippen LogP contribution in [0.25, 0.3) is 11.0 Å². The van der Waals surface area contributed by atoms with E-state index in [4.69, 9.17) is 4.42 Å². The van der Waals surface area contributed by atoms with E-state index in [1.807, 2.05) is 31.0 Å². The highest BCUT2D eigenvalue weighted by atomic mass is 16.3. The molecule has 0 aliphatic carbocycles. The molecule has 20 heavy (non-hydrogen) atoms. The lowest BCUT2D eigenvalue weighted by atomic mass is 10.3. The van der Waals surface area contributed by atoms with Gasteiger partial charge in [-0.05, 0) is 19.1 Å². The summed E-state index contributed by atoms with van der Waals surface area (Å²) in [5.74, 6) is 2.29. The quantitative estimate of drug-likeness (QED) is 0.739. The third-order valence-electron chi connectivity index (χ3n) is 2.96. The van der Waals surface area contributed by atoms with E-state index in [0.717, 1.165) is 29.2 Å². The maximum atomic E-state index is 5.37. The molecular formula is C13H16N6O. The van der Waals surface area contributed by atoms with Gasteiger partial charge in [-0.2, -0.15) is 15.1 Å². The Hall–Kier alpha value is -2.57. The van der Waals surface area contributed by atoms with Crippen LogP contribution in [-0.2, 0) is 6.54 Å². The molecule has 0 fully saturated rings. The first-order valence-electron chi connectivity index (χ1n) is 6.46. The average molecular weight is 272 g/mol.